The smallest absolute Gasteiger partial charge is 0.455 e. The first kappa shape index (κ1) is 22.6. The zero-order valence-corrected chi connectivity index (χ0v) is 16.7. The lowest BCUT2D eigenvalue weighted by molar-refractivity contribution is -0.137. The van der Waals surface area contributed by atoms with Crippen molar-refractivity contribution in [2.24, 2.45) is 0 Å². The van der Waals surface area contributed by atoms with E-state index in [4.69, 9.17) is 19.2 Å². The van der Waals surface area contributed by atoms with Crippen LogP contribution in [-0.4, -0.2) is 32.1 Å². The lowest BCUT2D eigenvalue weighted by Crippen LogP contribution is -2.41. The van der Waals surface area contributed by atoms with E-state index in [2.05, 4.69) is 0 Å². The molecule has 0 aliphatic carbocycles. The first-order valence-electron chi connectivity index (χ1n) is 8.26. The zero-order valence-electron chi connectivity index (χ0n) is 15.7. The molecule has 26 heavy (non-hydrogen) atoms. The Bertz CT molecular complexity index is 625. The Morgan fingerprint density at radius 3 is 2.31 bits per heavy atom. The Morgan fingerprint density at radius 1 is 1.19 bits per heavy atom. The topological polar surface area (TPSA) is 58.9 Å². The maximum Gasteiger partial charge on any atom is 0.455 e. The van der Waals surface area contributed by atoms with Gasteiger partial charge in [0.25, 0.3) is 0 Å². The molecule has 0 aliphatic rings. The molecular weight excluding hydrogens is 364 g/mol. The summed E-state index contributed by atoms with van der Waals surface area (Å²) in [6, 6.07) is 4.59. The highest BCUT2D eigenvalue weighted by Crippen LogP contribution is 2.38. The second-order valence-corrected chi connectivity index (χ2v) is 12.3. The van der Waals surface area contributed by atoms with Crippen molar-refractivity contribution in [3.05, 3.63) is 41.7 Å². The minimum atomic E-state index is -4.45. The predicted octanol–water partition coefficient (Wildman–Crippen LogP) is 4.46. The number of hydrogen-bond acceptors (Lipinski definition) is 4. The summed E-state index contributed by atoms with van der Waals surface area (Å²) in [5, 5.41) is 18.0. The maximum absolute atomic E-state index is 12.8. The largest absolute Gasteiger partial charge is 0.544 e. The molecule has 0 bridgehead atoms. The maximum atomic E-state index is 12.8. The molecule has 4 nitrogen and oxygen atoms in total. The predicted molar refractivity (Wildman–Crippen MR) is 98.3 cm³/mol. The van der Waals surface area contributed by atoms with Crippen molar-refractivity contribution in [1.29, 1.82) is 0 Å². The van der Waals surface area contributed by atoms with E-state index in [1.54, 1.807) is 0 Å². The van der Waals surface area contributed by atoms with Gasteiger partial charge in [0.1, 0.15) is 18.1 Å². The first-order valence-corrected chi connectivity index (χ1v) is 11.2. The molecule has 0 heterocycles. The van der Waals surface area contributed by atoms with E-state index in [0.717, 1.165) is 12.1 Å². The number of halogens is 3. The molecule has 0 radical (unpaired) electrons. The van der Waals surface area contributed by atoms with Gasteiger partial charge in [-0.2, -0.15) is 13.2 Å². The van der Waals surface area contributed by atoms with Crippen molar-refractivity contribution in [2.45, 2.75) is 51.4 Å². The van der Waals surface area contributed by atoms with Crippen LogP contribution in [0.2, 0.25) is 24.5 Å². The summed E-state index contributed by atoms with van der Waals surface area (Å²) in [4.78, 5) is 0. The third-order valence-electron chi connectivity index (χ3n) is 4.29. The van der Waals surface area contributed by atoms with Crippen LogP contribution in [0.15, 0.2) is 36.1 Å². The second-order valence-electron chi connectivity index (χ2n) is 7.56. The summed E-state index contributed by atoms with van der Waals surface area (Å²) < 4.78 is 49.9. The van der Waals surface area contributed by atoms with Crippen LogP contribution in [0.1, 0.15) is 26.3 Å². The average molecular weight is 390 g/mol. The normalized spacial score (nSPS) is 13.5. The molecule has 146 valence electrons. The number of allylic oxidation sites excluding steroid dienone is 1. The molecule has 0 fully saturated rings. The van der Waals surface area contributed by atoms with Crippen LogP contribution in [0.25, 0.3) is 0 Å². The Morgan fingerprint density at radius 2 is 1.81 bits per heavy atom. The Balaban J connectivity index is 2.93. The van der Waals surface area contributed by atoms with Gasteiger partial charge in [-0.25, -0.2) is 0 Å². The number of ether oxygens (including phenoxy) is 1. The van der Waals surface area contributed by atoms with Crippen molar-refractivity contribution in [1.82, 2.24) is 0 Å². The Hall–Kier alpha value is -1.45. The summed E-state index contributed by atoms with van der Waals surface area (Å²) in [6.45, 7) is 10.1. The molecule has 0 amide bonds. The average Bonchev–Trinajstić information content (AvgIpc) is 2.48. The van der Waals surface area contributed by atoms with Crippen molar-refractivity contribution >= 4 is 15.4 Å². The molecule has 1 rings (SSSR count). The second kappa shape index (κ2) is 8.49. The molecule has 0 saturated carbocycles. The van der Waals surface area contributed by atoms with Crippen molar-refractivity contribution < 1.29 is 32.4 Å². The third-order valence-corrected chi connectivity index (χ3v) is 8.68. The summed E-state index contributed by atoms with van der Waals surface area (Å²) in [5.41, 5.74) is -0.795. The van der Waals surface area contributed by atoms with Gasteiger partial charge in [-0.05, 0) is 42.4 Å². The number of hydrogen-bond donors (Lipinski definition) is 2. The molecule has 2 N–H and O–H groups in total. The highest BCUT2D eigenvalue weighted by atomic mass is 28.4. The summed E-state index contributed by atoms with van der Waals surface area (Å²) in [7, 11) is -3.75. The van der Waals surface area contributed by atoms with Gasteiger partial charge in [-0.3, -0.25) is 0 Å². The van der Waals surface area contributed by atoms with Gasteiger partial charge < -0.3 is 19.2 Å². The molecule has 9 heteroatoms. The van der Waals surface area contributed by atoms with Crippen molar-refractivity contribution in [3.8, 4) is 5.75 Å². The first-order chi connectivity index (χ1) is 11.7. The molecule has 0 unspecified atom stereocenters. The SMILES string of the molecule is CC(C)(C)[Si](C)(C)O/C(=C\CB(O)O)COc1cccc(C(F)(F)F)c1. The molecule has 0 aromatic heterocycles. The van der Waals surface area contributed by atoms with Crippen LogP contribution in [0, 0.1) is 0 Å². The number of benzene rings is 1. The molecule has 0 spiro atoms. The fourth-order valence-corrected chi connectivity index (χ4v) is 2.87. The minimum absolute atomic E-state index is 0.0596. The highest BCUT2D eigenvalue weighted by molar-refractivity contribution is 6.74. The summed E-state index contributed by atoms with van der Waals surface area (Å²) in [6.07, 6.45) is -3.01. The lowest BCUT2D eigenvalue weighted by atomic mass is 9.86. The quantitative estimate of drug-likeness (QED) is 0.533. The molecule has 1 aromatic rings. The van der Waals surface area contributed by atoms with Gasteiger partial charge in [0.05, 0.1) is 5.56 Å². The lowest BCUT2D eigenvalue weighted by Gasteiger charge is -2.37. The number of alkyl halides is 3. The molecule has 0 saturated heterocycles. The zero-order chi connectivity index (χ0) is 20.2. The van der Waals surface area contributed by atoms with Gasteiger partial charge in [0.15, 0.2) is 0 Å². The van der Waals surface area contributed by atoms with Gasteiger partial charge in [-0.15, -0.1) is 0 Å². The summed E-state index contributed by atoms with van der Waals surface area (Å²) in [5.74, 6) is 0.441. The van der Waals surface area contributed by atoms with E-state index in [0.29, 0.717) is 5.76 Å². The van der Waals surface area contributed by atoms with Crippen LogP contribution >= 0.6 is 0 Å². The van der Waals surface area contributed by atoms with E-state index < -0.39 is 27.2 Å². The summed E-state index contributed by atoms with van der Waals surface area (Å²) >= 11 is 0. The van der Waals surface area contributed by atoms with Gasteiger partial charge >= 0.3 is 13.3 Å². The Kier molecular flexibility index (Phi) is 7.38. The van der Waals surface area contributed by atoms with E-state index >= 15 is 0 Å². The van der Waals surface area contributed by atoms with Gasteiger partial charge in [0, 0.05) is 6.32 Å². The monoisotopic (exact) mass is 390 g/mol. The van der Waals surface area contributed by atoms with Crippen LogP contribution < -0.4 is 4.74 Å². The van der Waals surface area contributed by atoms with Crippen molar-refractivity contribution in [2.75, 3.05) is 6.61 Å². The molecular formula is C17H26BF3O4Si. The van der Waals surface area contributed by atoms with E-state index in [9.17, 15) is 13.2 Å². The standard InChI is InChI=1S/C17H26BF3O4Si/c1-16(2,3)26(4,5)25-15(9-10-18(22)23)12-24-14-8-6-7-13(11-14)17(19,20)21/h6-9,11,22-23H,10,12H2,1-5H3/b15-9-. The van der Waals surface area contributed by atoms with E-state index in [1.165, 1.54) is 18.2 Å². The van der Waals surface area contributed by atoms with E-state index in [-0.39, 0.29) is 23.7 Å². The van der Waals surface area contributed by atoms with Gasteiger partial charge in [0.2, 0.25) is 8.32 Å². The Labute approximate surface area is 153 Å². The fourth-order valence-electron chi connectivity index (χ4n) is 1.76. The third kappa shape index (κ3) is 7.05. The number of rotatable bonds is 7. The van der Waals surface area contributed by atoms with Crippen LogP contribution in [0.3, 0.4) is 0 Å². The molecule has 0 aliphatic heterocycles. The molecule has 0 atom stereocenters. The fraction of sp³-hybridized carbons (Fsp3) is 0.529. The van der Waals surface area contributed by atoms with Gasteiger partial charge in [-0.1, -0.05) is 26.8 Å². The van der Waals surface area contributed by atoms with Crippen LogP contribution in [0.4, 0.5) is 13.2 Å². The van der Waals surface area contributed by atoms with Crippen molar-refractivity contribution in [3.63, 3.8) is 0 Å². The van der Waals surface area contributed by atoms with E-state index in [1.807, 2.05) is 33.9 Å². The molecule has 1 aromatic carbocycles. The highest BCUT2D eigenvalue weighted by Gasteiger charge is 2.39. The van der Waals surface area contributed by atoms with Crippen LogP contribution in [-0.2, 0) is 10.6 Å². The van der Waals surface area contributed by atoms with Crippen LogP contribution in [0.5, 0.6) is 5.75 Å². The minimum Gasteiger partial charge on any atom is -0.544 e.